The van der Waals surface area contributed by atoms with E-state index in [1.165, 1.54) is 23.1 Å². The van der Waals surface area contributed by atoms with Gasteiger partial charge in [0.2, 0.25) is 0 Å². The third-order valence-electron chi connectivity index (χ3n) is 5.32. The Bertz CT molecular complexity index is 1380. The fourth-order valence-electron chi connectivity index (χ4n) is 3.72. The molecule has 10 heteroatoms. The maximum atomic E-state index is 15.0. The lowest BCUT2D eigenvalue weighted by atomic mass is 10.0. The van der Waals surface area contributed by atoms with E-state index in [1.54, 1.807) is 44.3 Å². The second kappa shape index (κ2) is 10.2. The quantitative estimate of drug-likeness (QED) is 0.244. The number of halogens is 4. The van der Waals surface area contributed by atoms with E-state index in [0.29, 0.717) is 28.6 Å². The molecule has 0 amide bonds. The summed E-state index contributed by atoms with van der Waals surface area (Å²) >= 11 is 0. The number of aryl methyl sites for hydroxylation is 1. The molecule has 2 aromatic heterocycles. The molecule has 0 saturated carbocycles. The molecule has 186 valence electrons. The number of hydrogen-bond acceptors (Lipinski definition) is 5. The van der Waals surface area contributed by atoms with Gasteiger partial charge in [-0.05, 0) is 36.8 Å². The second-order valence-electron chi connectivity index (χ2n) is 7.96. The normalized spacial score (nSPS) is 11.4. The number of nitrogens with one attached hydrogen (secondary N) is 1. The molecular weight excluding hydrogens is 476 g/mol. The smallest absolute Gasteiger partial charge is 0.417 e. The van der Waals surface area contributed by atoms with E-state index >= 15 is 4.39 Å². The lowest BCUT2D eigenvalue weighted by Crippen LogP contribution is -2.10. The Hall–Kier alpha value is -4.21. The summed E-state index contributed by atoms with van der Waals surface area (Å²) in [5.74, 6) is -1.56. The lowest BCUT2D eigenvalue weighted by molar-refractivity contribution is -0.142. The molecule has 4 aromatic rings. The summed E-state index contributed by atoms with van der Waals surface area (Å²) in [6, 6.07) is 13.5. The highest BCUT2D eigenvalue weighted by Gasteiger charge is 2.35. The number of carbonyl (C=O) groups excluding carboxylic acids is 1. The highest BCUT2D eigenvalue weighted by atomic mass is 19.4. The number of aromatic nitrogens is 3. The van der Waals surface area contributed by atoms with Gasteiger partial charge in [0.05, 0.1) is 41.4 Å². The minimum Gasteiger partial charge on any atom is -0.466 e. The van der Waals surface area contributed by atoms with Gasteiger partial charge in [-0.15, -0.1) is 0 Å². The zero-order chi connectivity index (χ0) is 25.9. The molecule has 0 unspecified atom stereocenters. The number of ether oxygens (including phenoxy) is 1. The van der Waals surface area contributed by atoms with Crippen LogP contribution in [0.4, 0.5) is 28.9 Å². The Morgan fingerprint density at radius 2 is 1.83 bits per heavy atom. The van der Waals surface area contributed by atoms with E-state index < -0.39 is 23.5 Å². The number of pyridine rings is 1. The Balaban J connectivity index is 1.82. The van der Waals surface area contributed by atoms with Crippen molar-refractivity contribution in [2.24, 2.45) is 7.05 Å². The van der Waals surface area contributed by atoms with Gasteiger partial charge in [0.25, 0.3) is 0 Å². The predicted molar refractivity (Wildman–Crippen MR) is 127 cm³/mol. The average Bonchev–Trinajstić information content (AvgIpc) is 3.26. The fraction of sp³-hybridized carbons (Fsp3) is 0.192. The zero-order valence-electron chi connectivity index (χ0n) is 19.4. The van der Waals surface area contributed by atoms with Crippen molar-refractivity contribution < 1.29 is 27.1 Å². The summed E-state index contributed by atoms with van der Waals surface area (Å²) in [5.41, 5.74) is 0.371. The van der Waals surface area contributed by atoms with Gasteiger partial charge in [0, 0.05) is 30.6 Å². The van der Waals surface area contributed by atoms with Crippen LogP contribution in [0.1, 0.15) is 18.1 Å². The maximum absolute atomic E-state index is 15.0. The van der Waals surface area contributed by atoms with Gasteiger partial charge in [-0.1, -0.05) is 30.3 Å². The Labute approximate surface area is 204 Å². The predicted octanol–water partition coefficient (Wildman–Crippen LogP) is 6.16. The van der Waals surface area contributed by atoms with Gasteiger partial charge >= 0.3 is 12.1 Å². The number of rotatable bonds is 7. The minimum atomic E-state index is -4.79. The molecule has 0 radical (unpaired) electrons. The van der Waals surface area contributed by atoms with E-state index in [0.717, 1.165) is 6.07 Å². The number of hydrogen-bond donors (Lipinski definition) is 1. The molecule has 2 aromatic carbocycles. The first kappa shape index (κ1) is 24.9. The van der Waals surface area contributed by atoms with Crippen LogP contribution in [0.3, 0.4) is 0 Å². The first-order chi connectivity index (χ1) is 17.2. The highest BCUT2D eigenvalue weighted by Crippen LogP contribution is 2.40. The number of nitrogens with zero attached hydrogens (tertiary/aromatic N) is 3. The highest BCUT2D eigenvalue weighted by molar-refractivity contribution is 5.81. The van der Waals surface area contributed by atoms with E-state index in [2.05, 4.69) is 15.4 Å². The van der Waals surface area contributed by atoms with Crippen molar-refractivity contribution in [3.05, 3.63) is 83.9 Å². The molecule has 0 aliphatic carbocycles. The molecule has 0 spiro atoms. The van der Waals surface area contributed by atoms with Gasteiger partial charge in [0.1, 0.15) is 5.82 Å². The molecule has 0 bridgehead atoms. The number of carbonyl (C=O) groups is 1. The molecular formula is C26H22F4N4O2. The van der Waals surface area contributed by atoms with Crippen LogP contribution in [0.5, 0.6) is 0 Å². The summed E-state index contributed by atoms with van der Waals surface area (Å²) in [4.78, 5) is 16.4. The first-order valence-electron chi connectivity index (χ1n) is 11.0. The topological polar surface area (TPSA) is 69.0 Å². The third-order valence-corrected chi connectivity index (χ3v) is 5.32. The summed E-state index contributed by atoms with van der Waals surface area (Å²) < 4.78 is 62.6. The van der Waals surface area contributed by atoms with E-state index in [1.807, 2.05) is 6.07 Å². The van der Waals surface area contributed by atoms with Crippen molar-refractivity contribution >= 4 is 17.3 Å². The summed E-state index contributed by atoms with van der Waals surface area (Å²) in [6.45, 7) is 1.90. The van der Waals surface area contributed by atoms with Crippen LogP contribution in [0.25, 0.3) is 22.5 Å². The molecule has 1 N–H and O–H groups in total. The van der Waals surface area contributed by atoms with Gasteiger partial charge in [-0.3, -0.25) is 14.5 Å². The fourth-order valence-corrected chi connectivity index (χ4v) is 3.72. The van der Waals surface area contributed by atoms with E-state index in [4.69, 9.17) is 4.74 Å². The minimum absolute atomic E-state index is 0.0466. The molecule has 6 nitrogen and oxygen atoms in total. The largest absolute Gasteiger partial charge is 0.466 e. The number of anilines is 2. The van der Waals surface area contributed by atoms with Crippen molar-refractivity contribution in [1.29, 1.82) is 0 Å². The van der Waals surface area contributed by atoms with Crippen LogP contribution in [0.15, 0.2) is 67.0 Å². The zero-order valence-corrected chi connectivity index (χ0v) is 19.4. The molecule has 0 fully saturated rings. The monoisotopic (exact) mass is 498 g/mol. The van der Waals surface area contributed by atoms with Crippen molar-refractivity contribution in [2.75, 3.05) is 11.9 Å². The van der Waals surface area contributed by atoms with Crippen molar-refractivity contribution in [3.63, 3.8) is 0 Å². The van der Waals surface area contributed by atoms with E-state index in [9.17, 15) is 18.0 Å². The van der Waals surface area contributed by atoms with Crippen LogP contribution < -0.4 is 5.32 Å². The molecule has 0 saturated heterocycles. The Morgan fingerprint density at radius 3 is 2.47 bits per heavy atom. The summed E-state index contributed by atoms with van der Waals surface area (Å²) in [6.07, 6.45) is -1.85. The van der Waals surface area contributed by atoms with Crippen molar-refractivity contribution in [3.8, 4) is 22.5 Å². The molecule has 4 rings (SSSR count). The maximum Gasteiger partial charge on any atom is 0.417 e. The molecule has 0 atom stereocenters. The number of esters is 1. The SMILES string of the molecule is CCOC(=O)Cc1cnc(-c2ccccc2)c(Nc2cc(-c3ccn(C)n3)c(C(F)(F)F)cc2F)c1. The van der Waals surface area contributed by atoms with Gasteiger partial charge in [-0.2, -0.15) is 18.3 Å². The van der Waals surface area contributed by atoms with Crippen LogP contribution >= 0.6 is 0 Å². The molecule has 0 aliphatic heterocycles. The molecule has 2 heterocycles. The van der Waals surface area contributed by atoms with Crippen molar-refractivity contribution in [1.82, 2.24) is 14.8 Å². The van der Waals surface area contributed by atoms with Gasteiger partial charge in [-0.25, -0.2) is 4.39 Å². The Morgan fingerprint density at radius 1 is 1.08 bits per heavy atom. The lowest BCUT2D eigenvalue weighted by Gasteiger charge is -2.17. The van der Waals surface area contributed by atoms with E-state index in [-0.39, 0.29) is 30.0 Å². The van der Waals surface area contributed by atoms with Crippen LogP contribution in [0.2, 0.25) is 0 Å². The average molecular weight is 498 g/mol. The first-order valence-corrected chi connectivity index (χ1v) is 11.0. The van der Waals surface area contributed by atoms with Crippen LogP contribution in [-0.2, 0) is 29.2 Å². The van der Waals surface area contributed by atoms with Crippen molar-refractivity contribution in [2.45, 2.75) is 19.5 Å². The number of alkyl halides is 3. The molecule has 0 aliphatic rings. The third kappa shape index (κ3) is 5.54. The van der Waals surface area contributed by atoms with Crippen LogP contribution in [0, 0.1) is 5.82 Å². The van der Waals surface area contributed by atoms with Gasteiger partial charge in [0.15, 0.2) is 0 Å². The van der Waals surface area contributed by atoms with Gasteiger partial charge < -0.3 is 10.1 Å². The standard InChI is InChI=1S/C26H22F4N4O2/c1-3-36-24(35)12-16-11-23(25(31-15-16)17-7-5-4-6-8-17)32-22-13-18(21-9-10-34(2)33-21)19(14-20(22)27)26(28,29)30/h4-11,13-15,32H,3,12H2,1-2H3. The Kier molecular flexibility index (Phi) is 7.05. The molecule has 36 heavy (non-hydrogen) atoms. The second-order valence-corrected chi connectivity index (χ2v) is 7.96. The number of benzene rings is 2. The van der Waals surface area contributed by atoms with Crippen LogP contribution in [-0.4, -0.2) is 27.3 Å². The summed E-state index contributed by atoms with van der Waals surface area (Å²) in [5, 5.41) is 6.95. The summed E-state index contributed by atoms with van der Waals surface area (Å²) in [7, 11) is 1.58.